The number of carbonyl (C=O) groups is 1. The molecule has 3 radical (unpaired) electrons. The Labute approximate surface area is 124 Å². The summed E-state index contributed by atoms with van der Waals surface area (Å²) in [6, 6.07) is 0. The molecule has 0 saturated carbocycles. The maximum Gasteiger partial charge on any atom is 0.301 e. The van der Waals surface area contributed by atoms with Crippen LogP contribution in [-0.4, -0.2) is 5.97 Å². The molecule has 0 fully saturated rings. The molecule has 10 heavy (non-hydrogen) atoms. The normalized spacial score (nSPS) is 5.40. The molecular weight excluding hydrogens is 321 g/mol. The summed E-state index contributed by atoms with van der Waals surface area (Å²) in [7, 11) is 2.90. The molecule has 0 aliphatic rings. The molecule has 0 saturated heterocycles. The van der Waals surface area contributed by atoms with Gasteiger partial charge in [-0.05, 0) is 6.92 Å². The second-order valence-corrected chi connectivity index (χ2v) is 1.21. The van der Waals surface area contributed by atoms with Crippen LogP contribution in [0.4, 0.5) is 0 Å². The first-order valence-corrected chi connectivity index (χ1v) is 1.80. The van der Waals surface area contributed by atoms with Crippen LogP contribution in [-0.2, 0) is 93.5 Å². The fraction of sp³-hybridized carbons (Fsp3) is 0.200. The fourth-order valence-corrected chi connectivity index (χ4v) is 0.123. The van der Waals surface area contributed by atoms with Crippen LogP contribution >= 0.6 is 0 Å². The standard InChI is InChI=1S/C5H7O2.V.2Y/c1-4(2)5(6)7-3;;;/h1,3H2,2H3;;;/q-1;;;. The van der Waals surface area contributed by atoms with Crippen LogP contribution in [0.15, 0.2) is 12.2 Å². The van der Waals surface area contributed by atoms with Crippen LogP contribution in [0.25, 0.3) is 0 Å². The van der Waals surface area contributed by atoms with E-state index in [9.17, 15) is 4.79 Å². The first kappa shape index (κ1) is 22.7. The Morgan fingerprint density at radius 1 is 1.50 bits per heavy atom. The summed E-state index contributed by atoms with van der Waals surface area (Å²) in [4.78, 5) is 10.1. The van der Waals surface area contributed by atoms with Crippen molar-refractivity contribution >= 4 is 5.97 Å². The summed E-state index contributed by atoms with van der Waals surface area (Å²) in [5.41, 5.74) is 0.370. The molecule has 0 atom stereocenters. The maximum absolute atomic E-state index is 10.1. The molecule has 0 unspecified atom stereocenters. The van der Waals surface area contributed by atoms with Crippen LogP contribution in [0, 0.1) is 7.11 Å². The first-order valence-electron chi connectivity index (χ1n) is 1.80. The molecule has 0 aromatic carbocycles. The summed E-state index contributed by atoms with van der Waals surface area (Å²) in [5, 5.41) is 0. The van der Waals surface area contributed by atoms with Gasteiger partial charge in [0.2, 0.25) is 0 Å². The zero-order valence-corrected chi connectivity index (χ0v) is 12.9. The molecule has 2 nitrogen and oxygen atoms in total. The molecule has 51 valence electrons. The third-order valence-corrected chi connectivity index (χ3v) is 0.480. The van der Waals surface area contributed by atoms with E-state index in [0.29, 0.717) is 5.57 Å². The van der Waals surface area contributed by atoms with Gasteiger partial charge in [0.15, 0.2) is 0 Å². The quantitative estimate of drug-likeness (QED) is 0.406. The molecule has 0 rings (SSSR count). The summed E-state index contributed by atoms with van der Waals surface area (Å²) >= 11 is 0. The Hall–Kier alpha value is 2.00. The number of esters is 1. The minimum absolute atomic E-state index is 0. The zero-order valence-electron chi connectivity index (χ0n) is 5.83. The van der Waals surface area contributed by atoms with Crippen molar-refractivity contribution in [2.24, 2.45) is 0 Å². The third-order valence-electron chi connectivity index (χ3n) is 0.480. The number of rotatable bonds is 1. The molecule has 0 aliphatic carbocycles. The van der Waals surface area contributed by atoms with Crippen molar-refractivity contribution in [1.82, 2.24) is 0 Å². The second-order valence-electron chi connectivity index (χ2n) is 1.21. The number of carbonyl (C=O) groups excluding carboxylic acids is 1. The van der Waals surface area contributed by atoms with Gasteiger partial charge in [0.25, 0.3) is 0 Å². The van der Waals surface area contributed by atoms with E-state index >= 15 is 0 Å². The minimum atomic E-state index is -0.458. The van der Waals surface area contributed by atoms with E-state index in [1.54, 1.807) is 6.92 Å². The Morgan fingerprint density at radius 3 is 1.80 bits per heavy atom. The largest absolute Gasteiger partial charge is 0.637 e. The minimum Gasteiger partial charge on any atom is -0.637 e. The molecule has 5 heteroatoms. The Balaban J connectivity index is -0.0000000600. The van der Waals surface area contributed by atoms with Gasteiger partial charge in [0.1, 0.15) is 0 Å². The average Bonchev–Trinajstić information content (AvgIpc) is 1.65. The Kier molecular flexibility index (Phi) is 30.8. The van der Waals surface area contributed by atoms with E-state index in [4.69, 9.17) is 0 Å². The van der Waals surface area contributed by atoms with Gasteiger partial charge in [0.05, 0.1) is 0 Å². The molecule has 0 aromatic heterocycles. The molecule has 0 bridgehead atoms. The molecule has 0 aromatic rings. The molecule has 0 heterocycles. The topological polar surface area (TPSA) is 26.3 Å². The van der Waals surface area contributed by atoms with Crippen molar-refractivity contribution in [3.05, 3.63) is 19.3 Å². The van der Waals surface area contributed by atoms with E-state index in [1.165, 1.54) is 0 Å². The predicted molar refractivity (Wildman–Crippen MR) is 26.3 cm³/mol. The molecule has 0 spiro atoms. The summed E-state index contributed by atoms with van der Waals surface area (Å²) < 4.78 is 4.02. The van der Waals surface area contributed by atoms with Gasteiger partial charge >= 0.3 is 5.97 Å². The van der Waals surface area contributed by atoms with Gasteiger partial charge in [-0.25, -0.2) is 4.79 Å². The zero-order chi connectivity index (χ0) is 5.86. The van der Waals surface area contributed by atoms with Crippen molar-refractivity contribution in [3.63, 3.8) is 0 Å². The SMILES string of the molecule is C=C(C)C(=O)O[CH2-].[V].[Y].[Y]. The molecule has 0 N–H and O–H groups in total. The van der Waals surface area contributed by atoms with Gasteiger partial charge in [-0.15, -0.1) is 0 Å². The van der Waals surface area contributed by atoms with Gasteiger partial charge in [-0.1, -0.05) is 6.58 Å². The number of ether oxygens (including phenoxy) is 1. The van der Waals surface area contributed by atoms with Crippen LogP contribution in [0.1, 0.15) is 6.92 Å². The monoisotopic (exact) mass is 328 g/mol. The van der Waals surface area contributed by atoms with Crippen molar-refractivity contribution in [2.45, 2.75) is 6.92 Å². The van der Waals surface area contributed by atoms with Crippen molar-refractivity contribution in [2.75, 3.05) is 0 Å². The van der Waals surface area contributed by atoms with E-state index in [1.807, 2.05) is 0 Å². The Bertz CT molecular complexity index is 106. The molecule has 0 amide bonds. The van der Waals surface area contributed by atoms with Crippen molar-refractivity contribution < 1.29 is 93.5 Å². The smallest absolute Gasteiger partial charge is 0.301 e. The van der Waals surface area contributed by atoms with Crippen molar-refractivity contribution in [1.29, 1.82) is 0 Å². The summed E-state index contributed by atoms with van der Waals surface area (Å²) in [6.45, 7) is 4.87. The van der Waals surface area contributed by atoms with E-state index in [2.05, 4.69) is 18.4 Å². The molecular formula is C5H7O2VY2-. The van der Waals surface area contributed by atoms with Crippen LogP contribution in [0.5, 0.6) is 0 Å². The van der Waals surface area contributed by atoms with Crippen molar-refractivity contribution in [3.8, 4) is 0 Å². The molecule has 0 aliphatic heterocycles. The second kappa shape index (κ2) is 13.6. The summed E-state index contributed by atoms with van der Waals surface area (Å²) in [6.07, 6.45) is 0. The Morgan fingerprint density at radius 2 is 1.80 bits per heavy atom. The van der Waals surface area contributed by atoms with Gasteiger partial charge in [0, 0.05) is 89.5 Å². The van der Waals surface area contributed by atoms with E-state index in [-0.39, 0.29) is 84.0 Å². The van der Waals surface area contributed by atoms with Gasteiger partial charge in [-0.3, -0.25) is 0 Å². The fourth-order valence-electron chi connectivity index (χ4n) is 0.123. The third kappa shape index (κ3) is 12.7. The van der Waals surface area contributed by atoms with E-state index < -0.39 is 5.97 Å². The van der Waals surface area contributed by atoms with Gasteiger partial charge in [-0.2, -0.15) is 7.11 Å². The first-order chi connectivity index (χ1) is 3.18. The van der Waals surface area contributed by atoms with Crippen LogP contribution < -0.4 is 0 Å². The number of hydrogen-bond acceptors (Lipinski definition) is 2. The van der Waals surface area contributed by atoms with Crippen LogP contribution in [0.2, 0.25) is 0 Å². The predicted octanol–water partition coefficient (Wildman–Crippen LogP) is 0.890. The van der Waals surface area contributed by atoms with E-state index in [0.717, 1.165) is 0 Å². The van der Waals surface area contributed by atoms with Crippen LogP contribution in [0.3, 0.4) is 0 Å². The van der Waals surface area contributed by atoms with Gasteiger partial charge < -0.3 is 4.74 Å². The summed E-state index contributed by atoms with van der Waals surface area (Å²) in [5.74, 6) is -0.458. The maximum atomic E-state index is 10.1. The average molecular weight is 328 g/mol. The number of hydrogen-bond donors (Lipinski definition) is 0.